The van der Waals surface area contributed by atoms with Gasteiger partial charge in [0, 0.05) is 12.0 Å². The number of benzene rings is 1. The van der Waals surface area contributed by atoms with Crippen molar-refractivity contribution in [3.63, 3.8) is 0 Å². The highest BCUT2D eigenvalue weighted by Gasteiger charge is 2.17. The lowest BCUT2D eigenvalue weighted by atomic mass is 10.1. The zero-order chi connectivity index (χ0) is 15.2. The van der Waals surface area contributed by atoms with Gasteiger partial charge in [-0.1, -0.05) is 43.5 Å². The Morgan fingerprint density at radius 2 is 2.19 bits per heavy atom. The van der Waals surface area contributed by atoms with Crippen molar-refractivity contribution in [2.45, 2.75) is 52.5 Å². The third kappa shape index (κ3) is 4.21. The van der Waals surface area contributed by atoms with E-state index in [-0.39, 0.29) is 11.8 Å². The number of rotatable bonds is 7. The quantitative estimate of drug-likeness (QED) is 0.783. The van der Waals surface area contributed by atoms with Gasteiger partial charge < -0.3 is 0 Å². The van der Waals surface area contributed by atoms with Crippen LogP contribution in [-0.2, 0) is 4.79 Å². The SMILES string of the molecule is CCCC[C@@H](CC(C)=O)n1nnc(-c2cccc(C)c2)n1. The van der Waals surface area contributed by atoms with Gasteiger partial charge >= 0.3 is 0 Å². The molecule has 0 aliphatic heterocycles. The molecule has 0 fully saturated rings. The molecule has 5 heteroatoms. The van der Waals surface area contributed by atoms with Gasteiger partial charge in [0.2, 0.25) is 5.82 Å². The minimum Gasteiger partial charge on any atom is -0.300 e. The summed E-state index contributed by atoms with van der Waals surface area (Å²) in [4.78, 5) is 13.0. The van der Waals surface area contributed by atoms with Gasteiger partial charge in [0.25, 0.3) is 0 Å². The lowest BCUT2D eigenvalue weighted by molar-refractivity contribution is -0.117. The Bertz CT molecular complexity index is 606. The molecular weight excluding hydrogens is 264 g/mol. The lowest BCUT2D eigenvalue weighted by Gasteiger charge is -2.12. The van der Waals surface area contributed by atoms with E-state index in [1.165, 1.54) is 0 Å². The molecule has 0 unspecified atom stereocenters. The smallest absolute Gasteiger partial charge is 0.204 e. The highest BCUT2D eigenvalue weighted by atomic mass is 16.1. The maximum Gasteiger partial charge on any atom is 0.204 e. The zero-order valence-corrected chi connectivity index (χ0v) is 12.9. The maximum absolute atomic E-state index is 11.4. The van der Waals surface area contributed by atoms with Gasteiger partial charge in [-0.25, -0.2) is 0 Å². The summed E-state index contributed by atoms with van der Waals surface area (Å²) in [6, 6.07) is 8.03. The molecule has 0 saturated heterocycles. The van der Waals surface area contributed by atoms with Crippen molar-refractivity contribution in [3.8, 4) is 11.4 Å². The fourth-order valence-electron chi connectivity index (χ4n) is 2.35. The van der Waals surface area contributed by atoms with E-state index in [1.807, 2.05) is 31.2 Å². The summed E-state index contributed by atoms with van der Waals surface area (Å²) in [6.07, 6.45) is 3.51. The summed E-state index contributed by atoms with van der Waals surface area (Å²) in [5.74, 6) is 0.772. The van der Waals surface area contributed by atoms with Crippen LogP contribution in [0.4, 0.5) is 0 Å². The van der Waals surface area contributed by atoms with Crippen molar-refractivity contribution in [2.75, 3.05) is 0 Å². The second-order valence-corrected chi connectivity index (χ2v) is 5.51. The number of hydrogen-bond acceptors (Lipinski definition) is 4. The molecule has 0 radical (unpaired) electrons. The van der Waals surface area contributed by atoms with Crippen molar-refractivity contribution in [2.24, 2.45) is 0 Å². The minimum atomic E-state index is 0.00788. The Morgan fingerprint density at radius 3 is 2.86 bits per heavy atom. The number of aryl methyl sites for hydroxylation is 1. The van der Waals surface area contributed by atoms with Gasteiger partial charge in [0.05, 0.1) is 6.04 Å². The summed E-state index contributed by atoms with van der Waals surface area (Å²) >= 11 is 0. The molecular formula is C16H22N4O. The number of carbonyl (C=O) groups excluding carboxylic acids is 1. The molecule has 1 aromatic carbocycles. The van der Waals surface area contributed by atoms with Gasteiger partial charge in [0.1, 0.15) is 5.78 Å². The molecule has 0 amide bonds. The van der Waals surface area contributed by atoms with E-state index in [9.17, 15) is 4.79 Å². The Balaban J connectivity index is 2.21. The number of aromatic nitrogens is 4. The summed E-state index contributed by atoms with van der Waals surface area (Å²) < 4.78 is 0. The first kappa shape index (κ1) is 15.4. The van der Waals surface area contributed by atoms with Crippen LogP contribution in [-0.4, -0.2) is 26.0 Å². The number of Topliss-reactive ketones (excluding diaryl/α,β-unsaturated/α-hetero) is 1. The van der Waals surface area contributed by atoms with Crippen LogP contribution in [0, 0.1) is 6.92 Å². The van der Waals surface area contributed by atoms with Crippen molar-refractivity contribution >= 4 is 5.78 Å². The van der Waals surface area contributed by atoms with E-state index in [0.717, 1.165) is 30.4 Å². The Morgan fingerprint density at radius 1 is 1.38 bits per heavy atom. The van der Waals surface area contributed by atoms with Crippen molar-refractivity contribution < 1.29 is 4.79 Å². The largest absolute Gasteiger partial charge is 0.300 e. The van der Waals surface area contributed by atoms with E-state index >= 15 is 0 Å². The van der Waals surface area contributed by atoms with Crippen LogP contribution < -0.4 is 0 Å². The molecule has 0 aliphatic rings. The third-order valence-corrected chi connectivity index (χ3v) is 3.45. The molecule has 2 aromatic rings. The van der Waals surface area contributed by atoms with Gasteiger partial charge in [-0.2, -0.15) is 4.80 Å². The maximum atomic E-state index is 11.4. The standard InChI is InChI=1S/C16H22N4O/c1-4-5-9-15(11-13(3)21)20-18-16(17-19-20)14-8-6-7-12(2)10-14/h6-8,10,15H,4-5,9,11H2,1-3H3/t15-/m0/s1. The van der Waals surface area contributed by atoms with Crippen LogP contribution in [0.1, 0.15) is 51.1 Å². The van der Waals surface area contributed by atoms with Crippen LogP contribution in [0.3, 0.4) is 0 Å². The first-order chi connectivity index (χ1) is 10.1. The number of nitrogens with zero attached hydrogens (tertiary/aromatic N) is 4. The first-order valence-corrected chi connectivity index (χ1v) is 7.46. The average Bonchev–Trinajstić information content (AvgIpc) is 2.93. The topological polar surface area (TPSA) is 60.7 Å². The molecule has 112 valence electrons. The summed E-state index contributed by atoms with van der Waals surface area (Å²) in [6.45, 7) is 5.78. The third-order valence-electron chi connectivity index (χ3n) is 3.45. The average molecular weight is 286 g/mol. The van der Waals surface area contributed by atoms with E-state index in [2.05, 4.69) is 22.3 Å². The number of tetrazole rings is 1. The molecule has 0 saturated carbocycles. The highest BCUT2D eigenvalue weighted by Crippen LogP contribution is 2.20. The molecule has 0 aliphatic carbocycles. The highest BCUT2D eigenvalue weighted by molar-refractivity contribution is 5.75. The van der Waals surface area contributed by atoms with Gasteiger partial charge in [0.15, 0.2) is 0 Å². The Hall–Kier alpha value is -2.04. The molecule has 5 nitrogen and oxygen atoms in total. The van der Waals surface area contributed by atoms with Crippen molar-refractivity contribution in [3.05, 3.63) is 29.8 Å². The van der Waals surface area contributed by atoms with Crippen LogP contribution in [0.5, 0.6) is 0 Å². The molecule has 0 N–H and O–H groups in total. The van der Waals surface area contributed by atoms with Gasteiger partial charge in [-0.05, 0) is 31.5 Å². The number of carbonyl (C=O) groups is 1. The second-order valence-electron chi connectivity index (χ2n) is 5.51. The normalized spacial score (nSPS) is 12.3. The number of unbranched alkanes of at least 4 members (excludes halogenated alkanes) is 1. The Kier molecular flexibility index (Phi) is 5.20. The Labute approximate surface area is 125 Å². The van der Waals surface area contributed by atoms with Crippen LogP contribution in [0.2, 0.25) is 0 Å². The zero-order valence-electron chi connectivity index (χ0n) is 12.9. The summed E-state index contributed by atoms with van der Waals surface area (Å²) in [5.41, 5.74) is 2.12. The fraction of sp³-hybridized carbons (Fsp3) is 0.500. The first-order valence-electron chi connectivity index (χ1n) is 7.46. The molecule has 1 aromatic heterocycles. The predicted octanol–water partition coefficient (Wildman–Crippen LogP) is 3.36. The second kappa shape index (κ2) is 7.11. The van der Waals surface area contributed by atoms with Crippen LogP contribution in [0.15, 0.2) is 24.3 Å². The van der Waals surface area contributed by atoms with Crippen LogP contribution >= 0.6 is 0 Å². The van der Waals surface area contributed by atoms with Crippen molar-refractivity contribution in [1.29, 1.82) is 0 Å². The fourth-order valence-corrected chi connectivity index (χ4v) is 2.35. The summed E-state index contributed by atoms with van der Waals surface area (Å²) in [7, 11) is 0. The molecule has 2 rings (SSSR count). The molecule has 21 heavy (non-hydrogen) atoms. The molecule has 1 heterocycles. The lowest BCUT2D eigenvalue weighted by Crippen LogP contribution is -2.15. The van der Waals surface area contributed by atoms with Gasteiger partial charge in [-0.3, -0.25) is 4.79 Å². The molecule has 0 bridgehead atoms. The van der Waals surface area contributed by atoms with E-state index < -0.39 is 0 Å². The number of hydrogen-bond donors (Lipinski definition) is 0. The van der Waals surface area contributed by atoms with E-state index in [0.29, 0.717) is 12.2 Å². The van der Waals surface area contributed by atoms with Crippen molar-refractivity contribution in [1.82, 2.24) is 20.2 Å². The number of ketones is 1. The molecule has 1 atom stereocenters. The summed E-state index contributed by atoms with van der Waals surface area (Å²) in [5, 5.41) is 12.8. The monoisotopic (exact) mass is 286 g/mol. The van der Waals surface area contributed by atoms with Crippen LogP contribution in [0.25, 0.3) is 11.4 Å². The predicted molar refractivity (Wildman–Crippen MR) is 81.9 cm³/mol. The van der Waals surface area contributed by atoms with E-state index in [4.69, 9.17) is 0 Å². The minimum absolute atomic E-state index is 0.00788. The van der Waals surface area contributed by atoms with E-state index in [1.54, 1.807) is 11.7 Å². The van der Waals surface area contributed by atoms with Gasteiger partial charge in [-0.15, -0.1) is 10.2 Å². The molecule has 0 spiro atoms.